The Bertz CT molecular complexity index is 239. The van der Waals surface area contributed by atoms with E-state index in [2.05, 4.69) is 0 Å². The molecule has 0 saturated carbocycles. The van der Waals surface area contributed by atoms with Crippen LogP contribution in [0.25, 0.3) is 0 Å². The van der Waals surface area contributed by atoms with Crippen molar-refractivity contribution in [3.63, 3.8) is 0 Å². The largest absolute Gasteiger partial charge is 4.00 e. The quantitative estimate of drug-likeness (QED) is 0.363. The van der Waals surface area contributed by atoms with E-state index in [0.29, 0.717) is 0 Å². The summed E-state index contributed by atoms with van der Waals surface area (Å²) in [5.41, 5.74) is 0. The summed E-state index contributed by atoms with van der Waals surface area (Å²) in [6, 6.07) is 0. The van der Waals surface area contributed by atoms with Gasteiger partial charge in [-0.2, -0.15) is 0 Å². The van der Waals surface area contributed by atoms with Crippen molar-refractivity contribution < 1.29 is 70.8 Å². The van der Waals surface area contributed by atoms with Gasteiger partial charge in [-0.15, -0.1) is 11.5 Å². The van der Waals surface area contributed by atoms with Gasteiger partial charge in [0.25, 0.3) is 0 Å². The molecule has 7 heteroatoms. The summed E-state index contributed by atoms with van der Waals surface area (Å²) in [5.74, 6) is -0.750. The molecule has 0 spiro atoms. The Hall–Kier alpha value is -0.117. The number of ketones is 2. The van der Waals surface area contributed by atoms with E-state index in [4.69, 9.17) is 0 Å². The van der Waals surface area contributed by atoms with Crippen molar-refractivity contribution >= 4 is 11.6 Å². The molecule has 0 saturated heterocycles. The summed E-state index contributed by atoms with van der Waals surface area (Å²) < 4.78 is 0. The number of allylic oxidation sites excluding steroid dienone is 4. The molecule has 0 aliphatic heterocycles. The molecular weight excluding hydrogens is 346 g/mol. The molecule has 0 radical (unpaired) electrons. The van der Waals surface area contributed by atoms with Gasteiger partial charge < -0.3 is 35.0 Å². The third kappa shape index (κ3) is 49.3. The third-order valence-corrected chi connectivity index (χ3v) is 0.813. The average Bonchev–Trinajstić information content (AvgIpc) is 1.79. The maximum absolute atomic E-state index is 9.98. The summed E-state index contributed by atoms with van der Waals surface area (Å²) in [4.78, 5) is 20.0. The van der Waals surface area contributed by atoms with E-state index in [1.54, 1.807) is 0 Å². The van der Waals surface area contributed by atoms with Gasteiger partial charge in [0, 0.05) is 0 Å². The van der Waals surface area contributed by atoms with Gasteiger partial charge in [-0.3, -0.25) is 9.59 Å². The molecular formula is C10H14Cl2O4Zr. The van der Waals surface area contributed by atoms with Gasteiger partial charge in [-0.1, -0.05) is 13.8 Å². The van der Waals surface area contributed by atoms with Crippen molar-refractivity contribution in [1.29, 1.82) is 0 Å². The second kappa shape index (κ2) is 18.3. The smallest absolute Gasteiger partial charge is 1.00 e. The van der Waals surface area contributed by atoms with Gasteiger partial charge in [-0.25, -0.2) is 0 Å². The van der Waals surface area contributed by atoms with Gasteiger partial charge in [-0.05, 0) is 26.0 Å². The van der Waals surface area contributed by atoms with Crippen LogP contribution < -0.4 is 35.0 Å². The van der Waals surface area contributed by atoms with Crippen molar-refractivity contribution in [3.05, 3.63) is 23.7 Å². The molecule has 0 N–H and O–H groups in total. The molecule has 0 heterocycles. The zero-order valence-electron chi connectivity index (χ0n) is 10.0. The Labute approximate surface area is 133 Å². The molecule has 96 valence electrons. The van der Waals surface area contributed by atoms with Crippen molar-refractivity contribution in [1.82, 2.24) is 0 Å². The van der Waals surface area contributed by atoms with E-state index in [-0.39, 0.29) is 74.1 Å². The number of carbonyl (C=O) groups is 2. The molecule has 0 rings (SSSR count). The van der Waals surface area contributed by atoms with Crippen LogP contribution in [0.4, 0.5) is 0 Å². The van der Waals surface area contributed by atoms with E-state index < -0.39 is 0 Å². The van der Waals surface area contributed by atoms with Gasteiger partial charge in [0.05, 0.1) is 0 Å². The molecule has 0 aromatic heterocycles. The maximum atomic E-state index is 9.98. The average molecular weight is 360 g/mol. The first-order chi connectivity index (χ1) is 6.25. The topological polar surface area (TPSA) is 80.3 Å². The van der Waals surface area contributed by atoms with Gasteiger partial charge in [0.1, 0.15) is 0 Å². The van der Waals surface area contributed by atoms with Crippen molar-refractivity contribution in [3.8, 4) is 0 Å². The minimum Gasteiger partial charge on any atom is -1.00 e. The van der Waals surface area contributed by atoms with Gasteiger partial charge in [0.15, 0.2) is 11.6 Å². The van der Waals surface area contributed by atoms with E-state index in [1.807, 2.05) is 0 Å². The fourth-order valence-corrected chi connectivity index (χ4v) is 0.572. The zero-order valence-corrected chi connectivity index (χ0v) is 14.0. The monoisotopic (exact) mass is 358 g/mol. The molecule has 17 heavy (non-hydrogen) atoms. The minimum absolute atomic E-state index is 0. The van der Waals surface area contributed by atoms with Crippen LogP contribution in [0.15, 0.2) is 23.7 Å². The van der Waals surface area contributed by atoms with Gasteiger partial charge in [0.2, 0.25) is 0 Å². The fraction of sp³-hybridized carbons (Fsp3) is 0.400. The van der Waals surface area contributed by atoms with Crippen molar-refractivity contribution in [2.45, 2.75) is 27.7 Å². The fourth-order valence-electron chi connectivity index (χ4n) is 0.572. The Kier molecular flexibility index (Phi) is 32.4. The molecule has 0 amide bonds. The Morgan fingerprint density at radius 1 is 0.765 bits per heavy atom. The first-order valence-electron chi connectivity index (χ1n) is 3.97. The minimum atomic E-state index is -0.187. The van der Waals surface area contributed by atoms with E-state index >= 15 is 0 Å². The summed E-state index contributed by atoms with van der Waals surface area (Å²) in [5, 5.41) is 20.0. The van der Waals surface area contributed by atoms with Crippen LogP contribution in [0.5, 0.6) is 0 Å². The van der Waals surface area contributed by atoms with E-state index in [0.717, 1.165) is 12.2 Å². The number of carbonyl (C=O) groups excluding carboxylic acids is 2. The first-order valence-corrected chi connectivity index (χ1v) is 3.97. The predicted octanol–water partition coefficient (Wildman–Crippen LogP) is -6.32. The zero-order chi connectivity index (χ0) is 11.7. The standard InChI is InChI=1S/2C5H8O2.2ClH.Zr/c2*1-4(6)3-5(2)7;;;/h2*3,6H,1-2H3;2*1H;/q;;;;+4/p-4/b2*4-3-;;;. The van der Waals surface area contributed by atoms with Crippen molar-refractivity contribution in [2.75, 3.05) is 0 Å². The molecule has 0 aromatic carbocycles. The van der Waals surface area contributed by atoms with Crippen LogP contribution in [0.3, 0.4) is 0 Å². The van der Waals surface area contributed by atoms with Crippen LogP contribution in [0.2, 0.25) is 0 Å². The van der Waals surface area contributed by atoms with Crippen molar-refractivity contribution in [2.24, 2.45) is 0 Å². The third-order valence-electron chi connectivity index (χ3n) is 0.813. The molecule has 0 atom stereocenters. The molecule has 0 fully saturated rings. The summed E-state index contributed by atoms with van der Waals surface area (Å²) in [6.45, 7) is 5.39. The molecule has 0 unspecified atom stereocenters. The van der Waals surface area contributed by atoms with Crippen LogP contribution in [0.1, 0.15) is 27.7 Å². The first kappa shape index (κ1) is 30.2. The number of rotatable bonds is 2. The number of halogens is 2. The molecule has 4 nitrogen and oxygen atoms in total. The summed E-state index contributed by atoms with van der Waals surface area (Å²) in [6.07, 6.45) is 2.11. The summed E-state index contributed by atoms with van der Waals surface area (Å²) in [7, 11) is 0. The second-order valence-electron chi connectivity index (χ2n) is 2.73. The Morgan fingerprint density at radius 2 is 0.941 bits per heavy atom. The number of hydrogen-bond acceptors (Lipinski definition) is 4. The van der Waals surface area contributed by atoms with Gasteiger partial charge >= 0.3 is 26.2 Å². The molecule has 0 aliphatic rings. The predicted molar refractivity (Wildman–Crippen MR) is 48.9 cm³/mol. The number of hydrogen-bond donors (Lipinski definition) is 0. The normalized spacial score (nSPS) is 9.41. The van der Waals surface area contributed by atoms with E-state index in [9.17, 15) is 19.8 Å². The summed E-state index contributed by atoms with van der Waals surface area (Å²) >= 11 is 0. The molecule has 0 aliphatic carbocycles. The maximum Gasteiger partial charge on any atom is 4.00 e. The molecule has 0 bridgehead atoms. The van der Waals surface area contributed by atoms with Crippen LogP contribution in [-0.4, -0.2) is 11.6 Å². The molecule has 0 aromatic rings. The second-order valence-corrected chi connectivity index (χ2v) is 2.73. The van der Waals surface area contributed by atoms with Crippen LogP contribution >= 0.6 is 0 Å². The SMILES string of the molecule is CC(=O)/C=C(/C)[O-].CC(=O)/C=C(/C)[O-].[Cl-].[Cl-].[Zr+4]. The van der Waals surface area contributed by atoms with Crippen LogP contribution in [0, 0.1) is 0 Å². The Balaban J connectivity index is -0.0000000480. The van der Waals surface area contributed by atoms with E-state index in [1.165, 1.54) is 27.7 Å². The van der Waals surface area contributed by atoms with Crippen LogP contribution in [-0.2, 0) is 35.8 Å². The Morgan fingerprint density at radius 3 is 0.941 bits per heavy atom.